The predicted molar refractivity (Wildman–Crippen MR) is 90.4 cm³/mol. The zero-order valence-electron chi connectivity index (χ0n) is 15.6. The number of nitrogens with one attached hydrogen (secondary N) is 1. The Morgan fingerprint density at radius 3 is 2.21 bits per heavy atom. The fourth-order valence-electron chi connectivity index (χ4n) is 3.02. The molecule has 2 aliphatic rings. The molecule has 10 atom stereocenters. The van der Waals surface area contributed by atoms with E-state index in [4.69, 9.17) is 19.0 Å². The van der Waals surface area contributed by atoms with Gasteiger partial charge in [-0.3, -0.25) is 4.84 Å². The molecule has 0 spiro atoms. The van der Waals surface area contributed by atoms with Crippen LogP contribution in [-0.2, 0) is 19.0 Å². The third-order valence-electron chi connectivity index (χ3n) is 4.78. The molecule has 0 aliphatic carbocycles. The number of rotatable bonds is 9. The smallest absolute Gasteiger partial charge is 0.187 e. The van der Waals surface area contributed by atoms with Crippen LogP contribution in [0.4, 0.5) is 0 Å². The lowest BCUT2D eigenvalue weighted by Crippen LogP contribution is -2.64. The van der Waals surface area contributed by atoms with Crippen LogP contribution in [0.15, 0.2) is 0 Å². The first-order valence-corrected chi connectivity index (χ1v) is 9.32. The molecule has 0 aromatic carbocycles. The Balaban J connectivity index is 2.00. The van der Waals surface area contributed by atoms with Crippen LogP contribution in [0.5, 0.6) is 0 Å². The number of aliphatic hydroxyl groups is 7. The average Bonchev–Trinajstić information content (AvgIpc) is 2.69. The van der Waals surface area contributed by atoms with Gasteiger partial charge in [0.05, 0.1) is 13.2 Å². The standard InChI is InChI=1S/C16H31NO11/c1-2-3-4-17-25-6-8-9(19)10(20)13(23)16(27-8)28-14-7(5-18)26-15(24)12(22)11(14)21/h7-24H,2-6H2,1H3/t7-,8-,9+,10+,11-,12-,13-,14-,15+,16+/m1/s1. The SMILES string of the molecule is CCCCNOC[C@H]1O[C@@H](O[C@H]2[C@H](O)[C@@H](O)[C@@H](O)O[C@@H]2CO)[C@H](O)[C@@H](O)[C@H]1O. The maximum atomic E-state index is 10.1. The van der Waals surface area contributed by atoms with Crippen molar-refractivity contribution in [3.63, 3.8) is 0 Å². The van der Waals surface area contributed by atoms with E-state index in [1.807, 2.05) is 6.92 Å². The van der Waals surface area contributed by atoms with E-state index >= 15 is 0 Å². The molecule has 2 heterocycles. The minimum absolute atomic E-state index is 0.164. The Kier molecular flexibility index (Phi) is 9.40. The average molecular weight is 413 g/mol. The van der Waals surface area contributed by atoms with Crippen molar-refractivity contribution >= 4 is 0 Å². The minimum Gasteiger partial charge on any atom is -0.394 e. The first-order chi connectivity index (χ1) is 13.3. The fourth-order valence-corrected chi connectivity index (χ4v) is 3.02. The third kappa shape index (κ3) is 5.56. The molecule has 166 valence electrons. The van der Waals surface area contributed by atoms with Crippen molar-refractivity contribution in [3.05, 3.63) is 0 Å². The van der Waals surface area contributed by atoms with Crippen LogP contribution >= 0.6 is 0 Å². The lowest BCUT2D eigenvalue weighted by atomic mass is 9.97. The van der Waals surface area contributed by atoms with E-state index < -0.39 is 68.0 Å². The number of hydrogen-bond donors (Lipinski definition) is 8. The van der Waals surface area contributed by atoms with E-state index in [1.54, 1.807) is 0 Å². The fraction of sp³-hybridized carbons (Fsp3) is 1.00. The van der Waals surface area contributed by atoms with Crippen molar-refractivity contribution < 1.29 is 54.8 Å². The van der Waals surface area contributed by atoms with Gasteiger partial charge in [-0.2, -0.15) is 0 Å². The van der Waals surface area contributed by atoms with Gasteiger partial charge in [0.2, 0.25) is 0 Å². The van der Waals surface area contributed by atoms with Gasteiger partial charge in [-0.05, 0) is 6.42 Å². The van der Waals surface area contributed by atoms with Crippen LogP contribution in [0.1, 0.15) is 19.8 Å². The molecule has 0 radical (unpaired) electrons. The van der Waals surface area contributed by atoms with Crippen molar-refractivity contribution in [2.24, 2.45) is 0 Å². The molecule has 2 fully saturated rings. The number of ether oxygens (including phenoxy) is 3. The minimum atomic E-state index is -1.73. The maximum absolute atomic E-state index is 10.1. The van der Waals surface area contributed by atoms with Gasteiger partial charge < -0.3 is 50.0 Å². The molecule has 28 heavy (non-hydrogen) atoms. The monoisotopic (exact) mass is 413 g/mol. The van der Waals surface area contributed by atoms with Gasteiger partial charge in [0.15, 0.2) is 12.6 Å². The number of aliphatic hydroxyl groups excluding tert-OH is 7. The lowest BCUT2D eigenvalue weighted by Gasteiger charge is -2.45. The molecule has 0 unspecified atom stereocenters. The van der Waals surface area contributed by atoms with Gasteiger partial charge in [-0.1, -0.05) is 13.3 Å². The van der Waals surface area contributed by atoms with Gasteiger partial charge in [0, 0.05) is 6.54 Å². The van der Waals surface area contributed by atoms with Gasteiger partial charge in [0.1, 0.15) is 48.8 Å². The van der Waals surface area contributed by atoms with Gasteiger partial charge in [0.25, 0.3) is 0 Å². The molecule has 12 heteroatoms. The summed E-state index contributed by atoms with van der Waals surface area (Å²) in [5.74, 6) is 0. The van der Waals surface area contributed by atoms with E-state index in [0.29, 0.717) is 6.54 Å². The van der Waals surface area contributed by atoms with Crippen LogP contribution < -0.4 is 5.48 Å². The molecule has 2 rings (SSSR count). The van der Waals surface area contributed by atoms with E-state index in [0.717, 1.165) is 12.8 Å². The Morgan fingerprint density at radius 1 is 0.857 bits per heavy atom. The molecular formula is C16H31NO11. The summed E-state index contributed by atoms with van der Waals surface area (Å²) >= 11 is 0. The van der Waals surface area contributed by atoms with Gasteiger partial charge in [-0.25, -0.2) is 5.48 Å². The highest BCUT2D eigenvalue weighted by Gasteiger charge is 2.50. The van der Waals surface area contributed by atoms with Gasteiger partial charge in [-0.15, -0.1) is 0 Å². The van der Waals surface area contributed by atoms with E-state index in [-0.39, 0.29) is 6.61 Å². The summed E-state index contributed by atoms with van der Waals surface area (Å²) in [5.41, 5.74) is 2.68. The van der Waals surface area contributed by atoms with Crippen LogP contribution in [0, 0.1) is 0 Å². The molecule has 12 nitrogen and oxygen atoms in total. The van der Waals surface area contributed by atoms with E-state index in [2.05, 4.69) is 5.48 Å². The van der Waals surface area contributed by atoms with Crippen molar-refractivity contribution in [1.82, 2.24) is 5.48 Å². The van der Waals surface area contributed by atoms with Gasteiger partial charge >= 0.3 is 0 Å². The quantitative estimate of drug-likeness (QED) is 0.135. The molecule has 0 aromatic rings. The molecule has 2 aliphatic heterocycles. The highest BCUT2D eigenvalue weighted by atomic mass is 16.7. The largest absolute Gasteiger partial charge is 0.394 e. The zero-order valence-corrected chi connectivity index (χ0v) is 15.6. The summed E-state index contributed by atoms with van der Waals surface area (Å²) in [6, 6.07) is 0. The molecule has 0 saturated carbocycles. The lowest BCUT2D eigenvalue weighted by molar-refractivity contribution is -0.356. The summed E-state index contributed by atoms with van der Waals surface area (Å²) < 4.78 is 15.9. The summed E-state index contributed by atoms with van der Waals surface area (Å²) in [5, 5.41) is 69.1. The van der Waals surface area contributed by atoms with Crippen LogP contribution in [-0.4, -0.2) is 117 Å². The Labute approximate surface area is 162 Å². The zero-order chi connectivity index (χ0) is 20.8. The third-order valence-corrected chi connectivity index (χ3v) is 4.78. The first kappa shape index (κ1) is 23.8. The molecule has 0 bridgehead atoms. The summed E-state index contributed by atoms with van der Waals surface area (Å²) in [6.07, 6.45) is -13.3. The molecule has 0 aromatic heterocycles. The Bertz CT molecular complexity index is 456. The predicted octanol–water partition coefficient (Wildman–Crippen LogP) is -4.07. The van der Waals surface area contributed by atoms with Crippen LogP contribution in [0.2, 0.25) is 0 Å². The van der Waals surface area contributed by atoms with Crippen molar-refractivity contribution in [2.75, 3.05) is 19.8 Å². The van der Waals surface area contributed by atoms with Crippen molar-refractivity contribution in [3.8, 4) is 0 Å². The number of unbranched alkanes of at least 4 members (excludes halogenated alkanes) is 1. The van der Waals surface area contributed by atoms with Crippen LogP contribution in [0.3, 0.4) is 0 Å². The molecular weight excluding hydrogens is 382 g/mol. The maximum Gasteiger partial charge on any atom is 0.187 e. The van der Waals surface area contributed by atoms with Crippen LogP contribution in [0.25, 0.3) is 0 Å². The second kappa shape index (κ2) is 11.1. The number of hydroxylamine groups is 1. The summed E-state index contributed by atoms with van der Waals surface area (Å²) in [7, 11) is 0. The second-order valence-corrected chi connectivity index (χ2v) is 6.90. The molecule has 8 N–H and O–H groups in total. The topological polar surface area (TPSA) is 191 Å². The highest BCUT2D eigenvalue weighted by molar-refractivity contribution is 4.93. The second-order valence-electron chi connectivity index (χ2n) is 6.90. The number of hydrogen-bond acceptors (Lipinski definition) is 12. The van der Waals surface area contributed by atoms with E-state index in [1.165, 1.54) is 0 Å². The summed E-state index contributed by atoms with van der Waals surface area (Å²) in [4.78, 5) is 5.19. The normalized spacial score (nSPS) is 44.6. The highest BCUT2D eigenvalue weighted by Crippen LogP contribution is 2.28. The van der Waals surface area contributed by atoms with Crippen molar-refractivity contribution in [2.45, 2.75) is 81.2 Å². The molecule has 0 amide bonds. The van der Waals surface area contributed by atoms with Crippen molar-refractivity contribution in [1.29, 1.82) is 0 Å². The molecule has 2 saturated heterocycles. The Morgan fingerprint density at radius 2 is 1.57 bits per heavy atom. The Hall–Kier alpha value is -0.480. The summed E-state index contributed by atoms with van der Waals surface area (Å²) in [6.45, 7) is 1.76. The first-order valence-electron chi connectivity index (χ1n) is 9.32. The van der Waals surface area contributed by atoms with E-state index in [9.17, 15) is 35.7 Å².